The molecular formula is C23H16ClKN2O5. The van der Waals surface area contributed by atoms with Gasteiger partial charge in [-0.05, 0) is 30.7 Å². The number of carbonyl (C=O) groups excluding carboxylic acids is 2. The minimum absolute atomic E-state index is 0. The molecule has 0 atom stereocenters. The zero-order valence-corrected chi connectivity index (χ0v) is 21.2. The van der Waals surface area contributed by atoms with Gasteiger partial charge < -0.3 is 20.0 Å². The van der Waals surface area contributed by atoms with Gasteiger partial charge in [0.05, 0.1) is 23.5 Å². The normalized spacial score (nSPS) is 10.6. The van der Waals surface area contributed by atoms with Crippen LogP contribution in [0.15, 0.2) is 65.5 Å². The van der Waals surface area contributed by atoms with E-state index < -0.39 is 23.2 Å². The van der Waals surface area contributed by atoms with E-state index >= 15 is 0 Å². The van der Waals surface area contributed by atoms with E-state index in [0.717, 1.165) is 6.07 Å². The third-order valence-corrected chi connectivity index (χ3v) is 5.06. The molecule has 32 heavy (non-hydrogen) atoms. The molecule has 0 unspecified atom stereocenters. The molecular weight excluding hydrogens is 459 g/mol. The van der Waals surface area contributed by atoms with E-state index in [1.54, 1.807) is 55.5 Å². The van der Waals surface area contributed by atoms with E-state index in [9.17, 15) is 19.5 Å². The summed E-state index contributed by atoms with van der Waals surface area (Å²) in [4.78, 5) is 38.5. The molecule has 0 radical (unpaired) electrons. The van der Waals surface area contributed by atoms with Crippen molar-refractivity contribution in [3.63, 3.8) is 0 Å². The molecule has 2 heterocycles. The number of halogens is 1. The van der Waals surface area contributed by atoms with Crippen LogP contribution >= 0.6 is 11.6 Å². The van der Waals surface area contributed by atoms with Crippen LogP contribution in [0.2, 0.25) is 5.02 Å². The molecule has 0 bridgehead atoms. The maximum absolute atomic E-state index is 13.4. The fourth-order valence-electron chi connectivity index (χ4n) is 3.31. The van der Waals surface area contributed by atoms with Gasteiger partial charge in [0.25, 0.3) is 0 Å². The van der Waals surface area contributed by atoms with Gasteiger partial charge in [0.1, 0.15) is 5.56 Å². The molecule has 0 saturated carbocycles. The van der Waals surface area contributed by atoms with Gasteiger partial charge in [-0.25, -0.2) is 4.79 Å². The monoisotopic (exact) mass is 474 g/mol. The van der Waals surface area contributed by atoms with E-state index in [-0.39, 0.29) is 80.3 Å². The molecule has 4 aromatic rings. The van der Waals surface area contributed by atoms with Crippen LogP contribution in [0, 0.1) is 0 Å². The zero-order chi connectivity index (χ0) is 22.1. The average Bonchev–Trinajstić information content (AvgIpc) is 3.13. The summed E-state index contributed by atoms with van der Waals surface area (Å²) in [6.07, 6.45) is 0. The molecule has 0 aliphatic carbocycles. The van der Waals surface area contributed by atoms with Crippen LogP contribution in [0.4, 0.5) is 5.69 Å². The van der Waals surface area contributed by atoms with E-state index in [2.05, 4.69) is 5.32 Å². The number of amides is 1. The Labute approximate surface area is 230 Å². The Balaban J connectivity index is 0.00000289. The molecule has 156 valence electrons. The van der Waals surface area contributed by atoms with Gasteiger partial charge in [-0.15, -0.1) is 0 Å². The molecule has 0 saturated heterocycles. The van der Waals surface area contributed by atoms with Crippen LogP contribution in [-0.2, 0) is 4.74 Å². The molecule has 0 fully saturated rings. The first-order valence-electron chi connectivity index (χ1n) is 9.40. The summed E-state index contributed by atoms with van der Waals surface area (Å²) < 4.78 is 6.20. The number of aromatic hydroxyl groups is 1. The van der Waals surface area contributed by atoms with Gasteiger partial charge in [-0.1, -0.05) is 59.8 Å². The SMILES string of the molecule is CCOC(=O)c1cc([N-]C(=O)c2ccccc2)c(=O)n2c(cc3c(Cl)cccc32)c1O.[K+]. The minimum atomic E-state index is -0.850. The summed E-state index contributed by atoms with van der Waals surface area (Å²) in [6.45, 7) is 1.67. The van der Waals surface area contributed by atoms with Gasteiger partial charge in [-0.3, -0.25) is 9.20 Å². The van der Waals surface area contributed by atoms with E-state index in [1.165, 1.54) is 10.5 Å². The second-order valence-electron chi connectivity index (χ2n) is 6.64. The standard InChI is InChI=1S/C23H17ClN2O5.K/c1-2-31-23(30)15-11-17(25-21(28)13-7-4-3-5-8-13)22(29)26-18-10-6-9-16(24)14(18)12-19(26)20(15)27;/h3-12H,2H2,1H3,(H2,25,27,28,29,30);/q;+1/p-1. The Morgan fingerprint density at radius 3 is 2.47 bits per heavy atom. The minimum Gasteiger partial charge on any atom is -0.618 e. The van der Waals surface area contributed by atoms with Crippen molar-refractivity contribution in [2.45, 2.75) is 6.92 Å². The number of hydrogen-bond donors (Lipinski definition) is 1. The number of hydrogen-bond acceptors (Lipinski definition) is 5. The maximum atomic E-state index is 13.4. The van der Waals surface area contributed by atoms with Gasteiger partial charge in [0.2, 0.25) is 5.56 Å². The first kappa shape index (κ1) is 24.4. The van der Waals surface area contributed by atoms with Crippen LogP contribution in [0.1, 0.15) is 27.6 Å². The van der Waals surface area contributed by atoms with Crippen LogP contribution in [0.5, 0.6) is 5.75 Å². The van der Waals surface area contributed by atoms with Crippen LogP contribution in [-0.4, -0.2) is 28.0 Å². The topological polar surface area (TPSA) is 99.2 Å². The fraction of sp³-hybridized carbons (Fsp3) is 0.0870. The van der Waals surface area contributed by atoms with Crippen molar-refractivity contribution < 1.29 is 70.8 Å². The molecule has 7 nitrogen and oxygen atoms in total. The molecule has 4 rings (SSSR count). The number of nitrogens with zero attached hydrogens (tertiary/aromatic N) is 2. The first-order chi connectivity index (χ1) is 14.9. The Kier molecular flexibility index (Phi) is 7.76. The molecule has 0 spiro atoms. The predicted octanol–water partition coefficient (Wildman–Crippen LogP) is 1.84. The number of ether oxygens (including phenoxy) is 1. The summed E-state index contributed by atoms with van der Waals surface area (Å²) in [6, 6.07) is 15.7. The van der Waals surface area contributed by atoms with Gasteiger partial charge in [0.15, 0.2) is 5.75 Å². The van der Waals surface area contributed by atoms with Crippen molar-refractivity contribution in [3.8, 4) is 5.75 Å². The van der Waals surface area contributed by atoms with E-state index in [0.29, 0.717) is 15.9 Å². The Morgan fingerprint density at radius 2 is 1.78 bits per heavy atom. The van der Waals surface area contributed by atoms with Crippen LogP contribution in [0.3, 0.4) is 0 Å². The van der Waals surface area contributed by atoms with E-state index in [1.807, 2.05) is 0 Å². The molecule has 1 amide bonds. The molecule has 0 aliphatic rings. The fourth-order valence-corrected chi connectivity index (χ4v) is 3.53. The Morgan fingerprint density at radius 1 is 1.06 bits per heavy atom. The average molecular weight is 475 g/mol. The van der Waals surface area contributed by atoms with E-state index in [4.69, 9.17) is 16.3 Å². The van der Waals surface area contributed by atoms with Crippen molar-refractivity contribution in [2.75, 3.05) is 6.61 Å². The summed E-state index contributed by atoms with van der Waals surface area (Å²) in [5.74, 6) is -1.99. The van der Waals surface area contributed by atoms with Crippen LogP contribution < -0.4 is 56.9 Å². The maximum Gasteiger partial charge on any atom is 1.00 e. The number of fused-ring (bicyclic) bond motifs is 3. The molecule has 9 heteroatoms. The zero-order valence-electron chi connectivity index (χ0n) is 17.3. The number of rotatable bonds is 4. The molecule has 2 aromatic carbocycles. The van der Waals surface area contributed by atoms with Gasteiger partial charge in [0, 0.05) is 10.4 Å². The summed E-state index contributed by atoms with van der Waals surface area (Å²) >= 11 is 6.26. The van der Waals surface area contributed by atoms with Crippen molar-refractivity contribution in [1.29, 1.82) is 0 Å². The number of benzene rings is 2. The number of aromatic nitrogens is 1. The first-order valence-corrected chi connectivity index (χ1v) is 9.78. The second kappa shape index (κ2) is 10.2. The predicted molar refractivity (Wildman–Crippen MR) is 118 cm³/mol. The molecule has 2 aromatic heterocycles. The summed E-state index contributed by atoms with van der Waals surface area (Å²) in [5, 5.41) is 15.7. The third kappa shape index (κ3) is 4.47. The Bertz CT molecular complexity index is 1400. The largest absolute Gasteiger partial charge is 1.00 e. The number of esters is 1. The van der Waals surface area contributed by atoms with Crippen molar-refractivity contribution in [1.82, 2.24) is 4.40 Å². The summed E-state index contributed by atoms with van der Waals surface area (Å²) in [5.41, 5.74) is -0.580. The molecule has 1 N–H and O–H groups in total. The quantitative estimate of drug-likeness (QED) is 0.359. The van der Waals surface area contributed by atoms with Gasteiger partial charge in [-0.2, -0.15) is 0 Å². The van der Waals surface area contributed by atoms with Crippen LogP contribution in [0.25, 0.3) is 21.7 Å². The van der Waals surface area contributed by atoms with Crippen molar-refractivity contribution >= 4 is 45.6 Å². The summed E-state index contributed by atoms with van der Waals surface area (Å²) in [7, 11) is 0. The van der Waals surface area contributed by atoms with Gasteiger partial charge >= 0.3 is 57.4 Å². The Hall–Kier alpha value is -2.20. The van der Waals surface area contributed by atoms with Crippen molar-refractivity contribution in [2.24, 2.45) is 0 Å². The van der Waals surface area contributed by atoms with Crippen molar-refractivity contribution in [3.05, 3.63) is 92.5 Å². The molecule has 0 aliphatic heterocycles. The third-order valence-electron chi connectivity index (χ3n) is 4.73. The smallest absolute Gasteiger partial charge is 0.618 e. The number of carbonyl (C=O) groups is 2. The second-order valence-corrected chi connectivity index (χ2v) is 7.05.